The predicted molar refractivity (Wildman–Crippen MR) is 132 cm³/mol. The van der Waals surface area contributed by atoms with Gasteiger partial charge in [-0.1, -0.05) is 11.8 Å². The number of hydrogen-bond donors (Lipinski definition) is 3. The van der Waals surface area contributed by atoms with E-state index in [0.29, 0.717) is 28.3 Å². The summed E-state index contributed by atoms with van der Waals surface area (Å²) >= 11 is 0. The highest BCUT2D eigenvalue weighted by molar-refractivity contribution is 6.05. The molecule has 1 saturated heterocycles. The molecule has 0 aliphatic carbocycles. The van der Waals surface area contributed by atoms with Crippen molar-refractivity contribution in [2.75, 3.05) is 51.3 Å². The summed E-state index contributed by atoms with van der Waals surface area (Å²) in [4.78, 5) is 9.18. The summed E-state index contributed by atoms with van der Waals surface area (Å²) in [5, 5.41) is 3.16. The number of nitrogens with zero attached hydrogens (tertiary/aromatic N) is 3. The number of nitrogen functional groups attached to an aromatic ring is 1. The lowest BCUT2D eigenvalue weighted by Gasteiger charge is -2.40. The molecule has 2 aromatic carbocycles. The van der Waals surface area contributed by atoms with E-state index in [4.69, 9.17) is 11.5 Å². The molecular weight excluding hydrogens is 403 g/mol. The maximum atomic E-state index is 13.5. The number of benzene rings is 2. The maximum Gasteiger partial charge on any atom is 0.133 e. The summed E-state index contributed by atoms with van der Waals surface area (Å²) in [6, 6.07) is 8.32. The van der Waals surface area contributed by atoms with Crippen LogP contribution in [0.15, 0.2) is 35.3 Å². The number of aryl methyl sites for hydroxylation is 1. The van der Waals surface area contributed by atoms with Crippen LogP contribution in [0.5, 0.6) is 0 Å². The largest absolute Gasteiger partial charge is 0.398 e. The van der Waals surface area contributed by atoms with Gasteiger partial charge in [-0.25, -0.2) is 9.38 Å². The number of likely N-dealkylation sites (N-methyl/N-ethyl adjacent to an activating group) is 1. The zero-order valence-corrected chi connectivity index (χ0v) is 19.6. The molecule has 2 aromatic rings. The van der Waals surface area contributed by atoms with E-state index in [1.165, 1.54) is 6.07 Å². The molecule has 0 radical (unpaired) electrons. The van der Waals surface area contributed by atoms with E-state index < -0.39 is 0 Å². The highest BCUT2D eigenvalue weighted by Crippen LogP contribution is 2.25. The number of hydrogen-bond acceptors (Lipinski definition) is 5. The third kappa shape index (κ3) is 5.39. The molecule has 32 heavy (non-hydrogen) atoms. The van der Waals surface area contributed by atoms with Crippen LogP contribution < -0.4 is 16.8 Å². The second-order valence-corrected chi connectivity index (χ2v) is 8.76. The third-order valence-electron chi connectivity index (χ3n) is 5.92. The van der Waals surface area contributed by atoms with Crippen LogP contribution in [0.1, 0.15) is 30.5 Å². The van der Waals surface area contributed by atoms with Gasteiger partial charge in [-0.2, -0.15) is 0 Å². The molecule has 1 aliphatic rings. The van der Waals surface area contributed by atoms with Crippen LogP contribution in [0.4, 0.5) is 21.5 Å². The lowest BCUT2D eigenvalue weighted by Crippen LogP contribution is -2.53. The van der Waals surface area contributed by atoms with E-state index in [1.54, 1.807) is 25.1 Å². The van der Waals surface area contributed by atoms with E-state index >= 15 is 0 Å². The van der Waals surface area contributed by atoms with Crippen molar-refractivity contribution in [3.63, 3.8) is 0 Å². The second kappa shape index (κ2) is 9.60. The second-order valence-electron chi connectivity index (χ2n) is 8.76. The number of anilines is 2. The molecule has 0 atom stereocenters. The Hall–Kier alpha value is -3.08. The van der Waals surface area contributed by atoms with E-state index in [2.05, 4.69) is 52.8 Å². The molecule has 0 saturated carbocycles. The first kappa shape index (κ1) is 23.6. The molecular formula is C25H33FN6. The van der Waals surface area contributed by atoms with Crippen LogP contribution in [0.25, 0.3) is 0 Å². The SMILES string of the molecule is CNc1cc(C#CC(C)(C)N2CCN(C)CC2)c(N)cc1C(N)=Nc1ccc(F)c(C)c1. The number of amidine groups is 1. The summed E-state index contributed by atoms with van der Waals surface area (Å²) in [5.74, 6) is 6.70. The van der Waals surface area contributed by atoms with Gasteiger partial charge in [0.1, 0.15) is 11.7 Å². The minimum atomic E-state index is -0.273. The zero-order valence-electron chi connectivity index (χ0n) is 19.6. The normalized spacial score (nSPS) is 15.9. The third-order valence-corrected chi connectivity index (χ3v) is 5.92. The average Bonchev–Trinajstić information content (AvgIpc) is 2.75. The summed E-state index contributed by atoms with van der Waals surface area (Å²) < 4.78 is 13.5. The van der Waals surface area contributed by atoms with Gasteiger partial charge in [0.05, 0.1) is 11.2 Å². The highest BCUT2D eigenvalue weighted by Gasteiger charge is 2.27. The molecule has 6 nitrogen and oxygen atoms in total. The minimum Gasteiger partial charge on any atom is -0.398 e. The first-order valence-electron chi connectivity index (χ1n) is 10.8. The molecule has 1 aliphatic heterocycles. The number of aliphatic imine (C=N–C) groups is 1. The first-order chi connectivity index (χ1) is 15.1. The van der Waals surface area contributed by atoms with E-state index in [-0.39, 0.29) is 11.4 Å². The fourth-order valence-corrected chi connectivity index (χ4v) is 3.71. The summed E-state index contributed by atoms with van der Waals surface area (Å²) in [5.41, 5.74) is 16.2. The summed E-state index contributed by atoms with van der Waals surface area (Å²) in [7, 11) is 3.96. The monoisotopic (exact) mass is 436 g/mol. The molecule has 5 N–H and O–H groups in total. The Morgan fingerprint density at radius 1 is 1.16 bits per heavy atom. The van der Waals surface area contributed by atoms with Gasteiger partial charge in [-0.15, -0.1) is 0 Å². The molecule has 3 rings (SSSR count). The number of halogens is 1. The Morgan fingerprint density at radius 3 is 2.47 bits per heavy atom. The predicted octanol–water partition coefficient (Wildman–Crippen LogP) is 3.17. The smallest absolute Gasteiger partial charge is 0.133 e. The molecule has 0 amide bonds. The van der Waals surface area contributed by atoms with Crippen LogP contribution in [-0.4, -0.2) is 61.4 Å². The molecule has 0 unspecified atom stereocenters. The quantitative estimate of drug-likeness (QED) is 0.297. The van der Waals surface area contributed by atoms with Crippen molar-refractivity contribution in [3.05, 3.63) is 52.8 Å². The molecule has 0 bridgehead atoms. The van der Waals surface area contributed by atoms with Gasteiger partial charge in [-0.3, -0.25) is 4.90 Å². The van der Waals surface area contributed by atoms with Gasteiger partial charge in [0.15, 0.2) is 0 Å². The topological polar surface area (TPSA) is 82.9 Å². The van der Waals surface area contributed by atoms with Crippen molar-refractivity contribution in [2.45, 2.75) is 26.3 Å². The maximum absolute atomic E-state index is 13.5. The number of nitrogens with one attached hydrogen (secondary N) is 1. The van der Waals surface area contributed by atoms with Crippen LogP contribution in [-0.2, 0) is 0 Å². The van der Waals surface area contributed by atoms with Crippen LogP contribution >= 0.6 is 0 Å². The van der Waals surface area contributed by atoms with E-state index in [9.17, 15) is 4.39 Å². The van der Waals surface area contributed by atoms with Crippen molar-refractivity contribution in [1.29, 1.82) is 0 Å². The van der Waals surface area contributed by atoms with Crippen LogP contribution in [0.2, 0.25) is 0 Å². The van der Waals surface area contributed by atoms with E-state index in [0.717, 1.165) is 37.4 Å². The van der Waals surface area contributed by atoms with Gasteiger partial charge in [0.2, 0.25) is 0 Å². The molecule has 1 fully saturated rings. The molecule has 170 valence electrons. The molecule has 1 heterocycles. The molecule has 7 heteroatoms. The van der Waals surface area contributed by atoms with Gasteiger partial charge in [-0.05, 0) is 63.7 Å². The zero-order chi connectivity index (χ0) is 23.5. The first-order valence-corrected chi connectivity index (χ1v) is 10.8. The lowest BCUT2D eigenvalue weighted by molar-refractivity contribution is 0.0946. The standard InChI is InChI=1S/C25H33FN6/c1-17-14-19(6-7-21(17)26)30-24(28)20-16-22(27)18(15-23(20)29-4)8-9-25(2,3)32-12-10-31(5)11-13-32/h6-7,14-16,29H,10-13,27H2,1-5H3,(H2,28,30). The number of nitrogens with two attached hydrogens (primary N) is 2. The van der Waals surface area contributed by atoms with Crippen LogP contribution in [0, 0.1) is 24.6 Å². The number of rotatable bonds is 4. The van der Waals surface area contributed by atoms with Crippen molar-refractivity contribution in [2.24, 2.45) is 10.7 Å². The van der Waals surface area contributed by atoms with Crippen molar-refractivity contribution < 1.29 is 4.39 Å². The molecule has 0 spiro atoms. The number of piperazine rings is 1. The van der Waals surface area contributed by atoms with Crippen molar-refractivity contribution in [1.82, 2.24) is 9.80 Å². The van der Waals surface area contributed by atoms with Crippen molar-refractivity contribution in [3.8, 4) is 11.8 Å². The van der Waals surface area contributed by atoms with Gasteiger partial charge >= 0.3 is 0 Å². The summed E-state index contributed by atoms with van der Waals surface area (Å²) in [6.45, 7) is 10.0. The average molecular weight is 437 g/mol. The highest BCUT2D eigenvalue weighted by atomic mass is 19.1. The summed E-state index contributed by atoms with van der Waals surface area (Å²) in [6.07, 6.45) is 0. The Labute approximate surface area is 190 Å². The fraction of sp³-hybridized carbons (Fsp3) is 0.400. The Morgan fingerprint density at radius 2 is 1.84 bits per heavy atom. The van der Waals surface area contributed by atoms with E-state index in [1.807, 2.05) is 13.1 Å². The Kier molecular flexibility index (Phi) is 7.07. The fourth-order valence-electron chi connectivity index (χ4n) is 3.71. The minimum absolute atomic E-state index is 0.257. The molecule has 0 aromatic heterocycles. The van der Waals surface area contributed by atoms with Gasteiger partial charge in [0.25, 0.3) is 0 Å². The van der Waals surface area contributed by atoms with Gasteiger partial charge < -0.3 is 21.7 Å². The lowest BCUT2D eigenvalue weighted by atomic mass is 10.00. The Bertz CT molecular complexity index is 1070. The Balaban J connectivity index is 1.89. The van der Waals surface area contributed by atoms with Crippen LogP contribution in [0.3, 0.4) is 0 Å². The van der Waals surface area contributed by atoms with Crippen molar-refractivity contribution >= 4 is 22.9 Å². The van der Waals surface area contributed by atoms with Gasteiger partial charge in [0, 0.05) is 55.7 Å².